The van der Waals surface area contributed by atoms with E-state index in [4.69, 9.17) is 4.74 Å². The summed E-state index contributed by atoms with van der Waals surface area (Å²) >= 11 is 0. The lowest BCUT2D eigenvalue weighted by Crippen LogP contribution is -2.30. The Hall–Kier alpha value is -1.06. The van der Waals surface area contributed by atoms with Crippen LogP contribution in [0.3, 0.4) is 0 Å². The maximum absolute atomic E-state index is 5.37. The number of methoxy groups -OCH3 is 1. The number of ether oxygens (including phenoxy) is 1. The molecule has 1 fully saturated rings. The summed E-state index contributed by atoms with van der Waals surface area (Å²) < 4.78 is 5.37. The minimum absolute atomic E-state index is 1.00. The van der Waals surface area contributed by atoms with Crippen LogP contribution in [0.4, 0.5) is 0 Å². The van der Waals surface area contributed by atoms with Crippen molar-refractivity contribution in [1.29, 1.82) is 0 Å². The molecule has 1 aliphatic heterocycles. The first-order valence-electron chi connectivity index (χ1n) is 7.28. The van der Waals surface area contributed by atoms with Crippen LogP contribution < -0.4 is 10.1 Å². The van der Waals surface area contributed by atoms with Gasteiger partial charge < -0.3 is 15.0 Å². The van der Waals surface area contributed by atoms with Crippen molar-refractivity contribution in [2.75, 3.05) is 39.8 Å². The van der Waals surface area contributed by atoms with Gasteiger partial charge in [0.05, 0.1) is 7.11 Å². The van der Waals surface area contributed by atoms with Gasteiger partial charge in [-0.05, 0) is 62.5 Å². The highest BCUT2D eigenvalue weighted by Crippen LogP contribution is 2.22. The van der Waals surface area contributed by atoms with E-state index in [2.05, 4.69) is 36.2 Å². The molecule has 0 aromatic heterocycles. The van der Waals surface area contributed by atoms with Gasteiger partial charge in [-0.1, -0.05) is 6.07 Å². The zero-order chi connectivity index (χ0) is 13.7. The Bertz CT molecular complexity index is 409. The molecule has 0 atom stereocenters. The Morgan fingerprint density at radius 2 is 2.00 bits per heavy atom. The molecule has 0 unspecified atom stereocenters. The van der Waals surface area contributed by atoms with Crippen LogP contribution >= 0.6 is 0 Å². The quantitative estimate of drug-likeness (QED) is 0.900. The van der Waals surface area contributed by atoms with Crippen LogP contribution in [0.2, 0.25) is 0 Å². The van der Waals surface area contributed by atoms with Crippen molar-refractivity contribution in [1.82, 2.24) is 10.2 Å². The average molecular weight is 262 g/mol. The van der Waals surface area contributed by atoms with Gasteiger partial charge in [-0.3, -0.25) is 0 Å². The number of hydrogen-bond acceptors (Lipinski definition) is 3. The highest BCUT2D eigenvalue weighted by molar-refractivity contribution is 5.41. The zero-order valence-corrected chi connectivity index (χ0v) is 12.5. The first-order chi connectivity index (χ1) is 9.20. The summed E-state index contributed by atoms with van der Waals surface area (Å²) in [5.74, 6) is 1.00. The lowest BCUT2D eigenvalue weighted by molar-refractivity contribution is 0.296. The summed E-state index contributed by atoms with van der Waals surface area (Å²) in [6, 6.07) is 4.44. The maximum atomic E-state index is 5.37. The van der Waals surface area contributed by atoms with E-state index in [1.807, 2.05) is 0 Å². The smallest absolute Gasteiger partial charge is 0.122 e. The number of nitrogens with one attached hydrogen (secondary N) is 1. The molecule has 0 spiro atoms. The highest BCUT2D eigenvalue weighted by atomic mass is 16.5. The van der Waals surface area contributed by atoms with Crippen molar-refractivity contribution in [2.24, 2.45) is 0 Å². The fourth-order valence-corrected chi connectivity index (χ4v) is 2.74. The van der Waals surface area contributed by atoms with Crippen LogP contribution in [-0.4, -0.2) is 44.7 Å². The lowest BCUT2D eigenvalue weighted by Gasteiger charge is -2.20. The second-order valence-electron chi connectivity index (χ2n) is 5.44. The van der Waals surface area contributed by atoms with Crippen molar-refractivity contribution >= 4 is 0 Å². The molecule has 1 saturated heterocycles. The molecule has 0 saturated carbocycles. The van der Waals surface area contributed by atoms with E-state index < -0.39 is 0 Å². The van der Waals surface area contributed by atoms with Crippen LogP contribution in [0.15, 0.2) is 12.1 Å². The highest BCUT2D eigenvalue weighted by Gasteiger charge is 2.10. The van der Waals surface area contributed by atoms with E-state index in [1.165, 1.54) is 36.2 Å². The fraction of sp³-hybridized carbons (Fsp3) is 0.625. The van der Waals surface area contributed by atoms with Crippen LogP contribution in [0.5, 0.6) is 5.75 Å². The topological polar surface area (TPSA) is 24.5 Å². The van der Waals surface area contributed by atoms with E-state index >= 15 is 0 Å². The van der Waals surface area contributed by atoms with Gasteiger partial charge in [0, 0.05) is 19.6 Å². The van der Waals surface area contributed by atoms with Crippen LogP contribution in [-0.2, 0) is 6.42 Å². The Morgan fingerprint density at radius 1 is 1.16 bits per heavy atom. The van der Waals surface area contributed by atoms with Gasteiger partial charge in [0.25, 0.3) is 0 Å². The molecule has 2 rings (SSSR count). The standard InChI is InChI=1S/C16H26N2O/c1-13-12-16(19-3)14(2)11-15(13)5-9-18-8-4-6-17-7-10-18/h11-12,17H,4-10H2,1-3H3. The van der Waals surface area contributed by atoms with Crippen LogP contribution in [0.25, 0.3) is 0 Å². The molecule has 106 valence electrons. The molecule has 1 heterocycles. The van der Waals surface area contributed by atoms with Gasteiger partial charge in [0.1, 0.15) is 5.75 Å². The van der Waals surface area contributed by atoms with E-state index in [0.717, 1.165) is 31.8 Å². The van der Waals surface area contributed by atoms with Crippen LogP contribution in [0, 0.1) is 13.8 Å². The van der Waals surface area contributed by atoms with Crippen molar-refractivity contribution < 1.29 is 4.74 Å². The van der Waals surface area contributed by atoms with Gasteiger partial charge in [-0.2, -0.15) is 0 Å². The van der Waals surface area contributed by atoms with Gasteiger partial charge in [0.15, 0.2) is 0 Å². The predicted octanol–water partition coefficient (Wildman–Crippen LogP) is 2.15. The SMILES string of the molecule is COc1cc(C)c(CCN2CCCNCC2)cc1C. The molecular weight excluding hydrogens is 236 g/mol. The summed E-state index contributed by atoms with van der Waals surface area (Å²) in [6.45, 7) is 10.2. The number of rotatable bonds is 4. The number of aryl methyl sites for hydroxylation is 2. The Kier molecular flexibility index (Phi) is 5.23. The second kappa shape index (κ2) is 6.92. The van der Waals surface area contributed by atoms with Crippen molar-refractivity contribution in [2.45, 2.75) is 26.7 Å². The average Bonchev–Trinajstić information content (AvgIpc) is 2.68. The second-order valence-corrected chi connectivity index (χ2v) is 5.44. The lowest BCUT2D eigenvalue weighted by atomic mass is 10.0. The summed E-state index contributed by atoms with van der Waals surface area (Å²) in [5.41, 5.74) is 4.03. The first kappa shape index (κ1) is 14.4. The van der Waals surface area contributed by atoms with Gasteiger partial charge in [-0.25, -0.2) is 0 Å². The molecule has 3 heteroatoms. The summed E-state index contributed by atoms with van der Waals surface area (Å²) in [6.07, 6.45) is 2.40. The van der Waals surface area contributed by atoms with E-state index in [0.29, 0.717) is 0 Å². The molecule has 1 aromatic rings. The predicted molar refractivity (Wildman–Crippen MR) is 80.1 cm³/mol. The minimum atomic E-state index is 1.00. The normalized spacial score (nSPS) is 17.2. The number of benzene rings is 1. The third-order valence-electron chi connectivity index (χ3n) is 3.98. The Morgan fingerprint density at radius 3 is 2.79 bits per heavy atom. The molecule has 3 nitrogen and oxygen atoms in total. The monoisotopic (exact) mass is 262 g/mol. The molecular formula is C16H26N2O. The van der Waals surface area contributed by atoms with Crippen LogP contribution in [0.1, 0.15) is 23.1 Å². The van der Waals surface area contributed by atoms with Crippen molar-refractivity contribution in [3.8, 4) is 5.75 Å². The molecule has 0 bridgehead atoms. The van der Waals surface area contributed by atoms with Gasteiger partial charge in [0.2, 0.25) is 0 Å². The van der Waals surface area contributed by atoms with Gasteiger partial charge in [-0.15, -0.1) is 0 Å². The first-order valence-corrected chi connectivity index (χ1v) is 7.28. The number of nitrogens with zero attached hydrogens (tertiary/aromatic N) is 1. The largest absolute Gasteiger partial charge is 0.496 e. The zero-order valence-electron chi connectivity index (χ0n) is 12.5. The molecule has 0 aliphatic carbocycles. The molecule has 1 aliphatic rings. The number of hydrogen-bond donors (Lipinski definition) is 1. The van der Waals surface area contributed by atoms with E-state index in [9.17, 15) is 0 Å². The minimum Gasteiger partial charge on any atom is -0.496 e. The summed E-state index contributed by atoms with van der Waals surface area (Å²) in [4.78, 5) is 2.57. The summed E-state index contributed by atoms with van der Waals surface area (Å²) in [5, 5.41) is 3.45. The Balaban J connectivity index is 1.96. The third-order valence-corrected chi connectivity index (χ3v) is 3.98. The van der Waals surface area contributed by atoms with Crippen molar-refractivity contribution in [3.63, 3.8) is 0 Å². The molecule has 1 aromatic carbocycles. The molecule has 0 radical (unpaired) electrons. The molecule has 0 amide bonds. The Labute approximate surface area is 116 Å². The maximum Gasteiger partial charge on any atom is 0.122 e. The fourth-order valence-electron chi connectivity index (χ4n) is 2.74. The summed E-state index contributed by atoms with van der Waals surface area (Å²) in [7, 11) is 1.74. The van der Waals surface area contributed by atoms with Gasteiger partial charge >= 0.3 is 0 Å². The third kappa shape index (κ3) is 3.95. The van der Waals surface area contributed by atoms with E-state index in [1.54, 1.807) is 7.11 Å². The van der Waals surface area contributed by atoms with Crippen molar-refractivity contribution in [3.05, 3.63) is 28.8 Å². The molecule has 19 heavy (non-hydrogen) atoms. The van der Waals surface area contributed by atoms with E-state index in [-0.39, 0.29) is 0 Å². The molecule has 1 N–H and O–H groups in total.